The van der Waals surface area contributed by atoms with E-state index in [9.17, 15) is 9.18 Å². The van der Waals surface area contributed by atoms with Gasteiger partial charge in [0, 0.05) is 7.05 Å². The van der Waals surface area contributed by atoms with E-state index in [1.807, 2.05) is 0 Å². The lowest BCUT2D eigenvalue weighted by atomic mass is 10.1. The van der Waals surface area contributed by atoms with E-state index in [0.29, 0.717) is 17.0 Å². The maximum Gasteiger partial charge on any atom is 0.356 e. The van der Waals surface area contributed by atoms with Crippen LogP contribution in [0.15, 0.2) is 12.1 Å². The molecule has 5 nitrogen and oxygen atoms in total. The van der Waals surface area contributed by atoms with E-state index in [0.717, 1.165) is 0 Å². The van der Waals surface area contributed by atoms with E-state index in [-0.39, 0.29) is 16.3 Å². The summed E-state index contributed by atoms with van der Waals surface area (Å²) >= 11 is 6.00. The normalized spacial score (nSPS) is 10.7. The molecule has 0 bridgehead atoms. The number of methoxy groups -OCH3 is 1. The highest BCUT2D eigenvalue weighted by molar-refractivity contribution is 6.33. The summed E-state index contributed by atoms with van der Waals surface area (Å²) in [5, 5.41) is 12.7. The largest absolute Gasteiger partial charge is 0.496 e. The maximum atomic E-state index is 13.8. The summed E-state index contributed by atoms with van der Waals surface area (Å²) in [5.74, 6) is -1.38. The van der Waals surface area contributed by atoms with E-state index in [2.05, 4.69) is 5.10 Å². The number of carbonyl (C=O) groups is 1. The van der Waals surface area contributed by atoms with Crippen LogP contribution in [0.4, 0.5) is 4.39 Å². The van der Waals surface area contributed by atoms with Crippen molar-refractivity contribution in [2.45, 2.75) is 6.92 Å². The minimum Gasteiger partial charge on any atom is -0.496 e. The zero-order chi connectivity index (χ0) is 15.0. The third kappa shape index (κ3) is 2.22. The standard InChI is InChI=1S/C13H12ClFN2O3/c1-6-4-7(15)11(14)10(12(6)20-3)9-5-8(13(18)19)16-17(9)2/h4-5H,1-3H3,(H,18,19). The second kappa shape index (κ2) is 5.13. The van der Waals surface area contributed by atoms with Crippen LogP contribution in [0, 0.1) is 12.7 Å². The first kappa shape index (κ1) is 14.3. The number of carboxylic acids is 1. The number of carboxylic acid groups (broad SMARTS) is 1. The molecule has 20 heavy (non-hydrogen) atoms. The van der Waals surface area contributed by atoms with Crippen LogP contribution in [0.3, 0.4) is 0 Å². The zero-order valence-electron chi connectivity index (χ0n) is 11.1. The lowest BCUT2D eigenvalue weighted by molar-refractivity contribution is 0.0689. The second-order valence-electron chi connectivity index (χ2n) is 4.24. The molecule has 0 atom stereocenters. The van der Waals surface area contributed by atoms with E-state index in [4.69, 9.17) is 21.4 Å². The van der Waals surface area contributed by atoms with Crippen molar-refractivity contribution in [3.05, 3.63) is 34.2 Å². The second-order valence-corrected chi connectivity index (χ2v) is 4.62. The van der Waals surface area contributed by atoms with Crippen LogP contribution < -0.4 is 4.74 Å². The highest BCUT2D eigenvalue weighted by Gasteiger charge is 2.22. The molecule has 0 aliphatic carbocycles. The third-order valence-corrected chi connectivity index (χ3v) is 3.29. The summed E-state index contributed by atoms with van der Waals surface area (Å²) in [6.07, 6.45) is 0. The van der Waals surface area contributed by atoms with Gasteiger partial charge in [0.15, 0.2) is 5.69 Å². The van der Waals surface area contributed by atoms with Gasteiger partial charge in [-0.05, 0) is 24.6 Å². The van der Waals surface area contributed by atoms with Gasteiger partial charge in [-0.25, -0.2) is 9.18 Å². The molecule has 1 aromatic heterocycles. The Balaban J connectivity index is 2.78. The summed E-state index contributed by atoms with van der Waals surface area (Å²) in [7, 11) is 2.99. The number of aromatic carboxylic acids is 1. The molecule has 1 heterocycles. The summed E-state index contributed by atoms with van der Waals surface area (Å²) in [4.78, 5) is 11.0. The van der Waals surface area contributed by atoms with Crippen LogP contribution in [0.1, 0.15) is 16.1 Å². The Morgan fingerprint density at radius 1 is 1.50 bits per heavy atom. The average Bonchev–Trinajstić information content (AvgIpc) is 2.75. The van der Waals surface area contributed by atoms with E-state index >= 15 is 0 Å². The minimum atomic E-state index is -1.17. The lowest BCUT2D eigenvalue weighted by Gasteiger charge is -2.14. The molecule has 0 fully saturated rings. The van der Waals surface area contributed by atoms with Gasteiger partial charge in [-0.3, -0.25) is 4.68 Å². The number of hydrogen-bond acceptors (Lipinski definition) is 3. The molecule has 0 unspecified atom stereocenters. The summed E-state index contributed by atoms with van der Waals surface area (Å²) < 4.78 is 20.4. The first-order valence-corrected chi connectivity index (χ1v) is 6.05. The fourth-order valence-electron chi connectivity index (χ4n) is 2.03. The highest BCUT2D eigenvalue weighted by atomic mass is 35.5. The number of ether oxygens (including phenoxy) is 1. The van der Waals surface area contributed by atoms with Gasteiger partial charge in [0.25, 0.3) is 0 Å². The number of aromatic nitrogens is 2. The zero-order valence-corrected chi connectivity index (χ0v) is 11.8. The van der Waals surface area contributed by atoms with E-state index < -0.39 is 11.8 Å². The monoisotopic (exact) mass is 298 g/mol. The Bertz CT molecular complexity index is 697. The fourth-order valence-corrected chi connectivity index (χ4v) is 2.27. The number of halogens is 2. The van der Waals surface area contributed by atoms with Crippen molar-refractivity contribution in [1.82, 2.24) is 9.78 Å². The van der Waals surface area contributed by atoms with Gasteiger partial charge in [-0.2, -0.15) is 5.10 Å². The molecule has 2 aromatic rings. The molecule has 0 aliphatic heterocycles. The van der Waals surface area contributed by atoms with Gasteiger partial charge in [0.05, 0.1) is 23.4 Å². The van der Waals surface area contributed by atoms with Crippen molar-refractivity contribution in [3.63, 3.8) is 0 Å². The minimum absolute atomic E-state index is 0.132. The van der Waals surface area contributed by atoms with Crippen molar-refractivity contribution in [3.8, 4) is 17.0 Å². The molecule has 0 spiro atoms. The molecule has 7 heteroatoms. The van der Waals surface area contributed by atoms with E-state index in [1.54, 1.807) is 14.0 Å². The van der Waals surface area contributed by atoms with Gasteiger partial charge >= 0.3 is 5.97 Å². The quantitative estimate of drug-likeness (QED) is 0.946. The smallest absolute Gasteiger partial charge is 0.356 e. The predicted octanol–water partition coefficient (Wildman–Crippen LogP) is 2.89. The molecule has 0 aliphatic rings. The number of hydrogen-bond donors (Lipinski definition) is 1. The van der Waals surface area contributed by atoms with Crippen LogP contribution in [-0.4, -0.2) is 28.0 Å². The molecule has 0 saturated heterocycles. The Kier molecular flexibility index (Phi) is 3.67. The first-order chi connectivity index (χ1) is 9.36. The molecular formula is C13H12ClFN2O3. The number of nitrogens with zero attached hydrogens (tertiary/aromatic N) is 2. The van der Waals surface area contributed by atoms with Crippen LogP contribution in [0.2, 0.25) is 5.02 Å². The summed E-state index contributed by atoms with van der Waals surface area (Å²) in [5.41, 5.74) is 1.06. The predicted molar refractivity (Wildman–Crippen MR) is 71.9 cm³/mol. The fraction of sp³-hybridized carbons (Fsp3) is 0.231. The topological polar surface area (TPSA) is 64.3 Å². The molecule has 106 valence electrons. The van der Waals surface area contributed by atoms with Crippen molar-refractivity contribution in [1.29, 1.82) is 0 Å². The van der Waals surface area contributed by atoms with Gasteiger partial charge in [0.2, 0.25) is 0 Å². The molecule has 0 amide bonds. The first-order valence-electron chi connectivity index (χ1n) is 5.67. The Hall–Kier alpha value is -2.08. The van der Waals surface area contributed by atoms with Crippen molar-refractivity contribution in [2.75, 3.05) is 7.11 Å². The Labute approximate surface area is 119 Å². The highest BCUT2D eigenvalue weighted by Crippen LogP contribution is 2.40. The number of benzene rings is 1. The van der Waals surface area contributed by atoms with Crippen molar-refractivity contribution in [2.24, 2.45) is 7.05 Å². The van der Waals surface area contributed by atoms with Gasteiger partial charge in [0.1, 0.15) is 11.6 Å². The molecule has 1 aromatic carbocycles. The Morgan fingerprint density at radius 2 is 2.15 bits per heavy atom. The van der Waals surface area contributed by atoms with Gasteiger partial charge in [-0.1, -0.05) is 11.6 Å². The summed E-state index contributed by atoms with van der Waals surface area (Å²) in [6.45, 7) is 1.68. The number of aryl methyl sites for hydroxylation is 2. The molecule has 0 radical (unpaired) electrons. The van der Waals surface area contributed by atoms with Crippen LogP contribution in [-0.2, 0) is 7.05 Å². The molecule has 2 rings (SSSR count). The third-order valence-electron chi connectivity index (χ3n) is 2.92. The molecule has 0 saturated carbocycles. The Morgan fingerprint density at radius 3 is 2.65 bits per heavy atom. The maximum absolute atomic E-state index is 13.8. The number of rotatable bonds is 3. The van der Waals surface area contributed by atoms with Crippen molar-refractivity contribution >= 4 is 17.6 Å². The van der Waals surface area contributed by atoms with Gasteiger partial charge in [-0.15, -0.1) is 0 Å². The SMILES string of the molecule is COc1c(C)cc(F)c(Cl)c1-c1cc(C(=O)O)nn1C. The molecule has 1 N–H and O–H groups in total. The van der Waals surface area contributed by atoms with Crippen molar-refractivity contribution < 1.29 is 19.0 Å². The van der Waals surface area contributed by atoms with Crippen LogP contribution in [0.5, 0.6) is 5.75 Å². The molecular weight excluding hydrogens is 287 g/mol. The average molecular weight is 299 g/mol. The lowest BCUT2D eigenvalue weighted by Crippen LogP contribution is -2.01. The van der Waals surface area contributed by atoms with E-state index in [1.165, 1.54) is 23.9 Å². The van der Waals surface area contributed by atoms with Gasteiger partial charge < -0.3 is 9.84 Å². The van der Waals surface area contributed by atoms with Crippen LogP contribution in [0.25, 0.3) is 11.3 Å². The summed E-state index contributed by atoms with van der Waals surface area (Å²) in [6, 6.07) is 2.59. The van der Waals surface area contributed by atoms with Crippen LogP contribution >= 0.6 is 11.6 Å².